The van der Waals surface area contributed by atoms with Gasteiger partial charge in [0.05, 0.1) is 18.0 Å². The molecule has 0 aromatic carbocycles. The Morgan fingerprint density at radius 3 is 2.62 bits per heavy atom. The molecule has 8 heteroatoms. The molecule has 0 saturated heterocycles. The lowest BCUT2D eigenvalue weighted by Crippen LogP contribution is -2.58. The number of nitrogens with one attached hydrogen (secondary N) is 1. The summed E-state index contributed by atoms with van der Waals surface area (Å²) in [6.07, 6.45) is -1.64. The van der Waals surface area contributed by atoms with Gasteiger partial charge in [0.1, 0.15) is 0 Å². The maximum Gasteiger partial charge on any atom is 0.266 e. The summed E-state index contributed by atoms with van der Waals surface area (Å²) in [5.74, 6) is -0.418. The summed E-state index contributed by atoms with van der Waals surface area (Å²) in [4.78, 5) is 12.2. The third-order valence-corrected chi connectivity index (χ3v) is 11.0. The van der Waals surface area contributed by atoms with Gasteiger partial charge in [0.2, 0.25) is 5.91 Å². The van der Waals surface area contributed by atoms with Gasteiger partial charge in [-0.25, -0.2) is 0 Å². The third kappa shape index (κ3) is 4.81. The van der Waals surface area contributed by atoms with Crippen molar-refractivity contribution in [2.45, 2.75) is 97.1 Å². The van der Waals surface area contributed by atoms with Crippen molar-refractivity contribution >= 4 is 16.0 Å². The maximum atomic E-state index is 12.2. The first-order valence-corrected chi connectivity index (χ1v) is 14.5. The standard InChI is InChI=1S/C26H45NO6S/c1-16(4-9-24(30)27-12-13-34(31,32)33)20-7-8-21-19-6-5-17-14-18(28)10-11-25(17,2)22(19)15-23(29)26(20,21)3/h16-23,28-29H,4-15H2,1-3H3,(H,27,30)(H,31,32,33)/t16-,17?,18-,19+,20-,21+,22+,23+,25+,26-/m1/s1/i10D2,14D2. The largest absolute Gasteiger partial charge is 0.393 e. The van der Waals surface area contributed by atoms with Crippen molar-refractivity contribution in [1.82, 2.24) is 5.32 Å². The van der Waals surface area contributed by atoms with E-state index in [1.807, 2.05) is 6.92 Å². The number of hydrogen-bond donors (Lipinski definition) is 4. The van der Waals surface area contributed by atoms with E-state index in [2.05, 4.69) is 19.2 Å². The topological polar surface area (TPSA) is 124 Å². The summed E-state index contributed by atoms with van der Waals surface area (Å²) in [7, 11) is -4.13. The van der Waals surface area contributed by atoms with Gasteiger partial charge in [-0.1, -0.05) is 20.8 Å². The van der Waals surface area contributed by atoms with E-state index < -0.39 is 52.2 Å². The van der Waals surface area contributed by atoms with Crippen molar-refractivity contribution in [3.8, 4) is 0 Å². The lowest BCUT2D eigenvalue weighted by atomic mass is 9.43. The monoisotopic (exact) mass is 503 g/mol. The van der Waals surface area contributed by atoms with Gasteiger partial charge in [0.25, 0.3) is 10.1 Å². The van der Waals surface area contributed by atoms with Gasteiger partial charge in [-0.15, -0.1) is 0 Å². The van der Waals surface area contributed by atoms with Crippen LogP contribution in [0.5, 0.6) is 0 Å². The van der Waals surface area contributed by atoms with Crippen molar-refractivity contribution in [3.05, 3.63) is 0 Å². The third-order valence-electron chi connectivity index (χ3n) is 10.3. The smallest absolute Gasteiger partial charge is 0.266 e. The van der Waals surface area contributed by atoms with Crippen molar-refractivity contribution in [2.24, 2.45) is 46.3 Å². The van der Waals surface area contributed by atoms with Crippen LogP contribution in [0.4, 0.5) is 0 Å². The van der Waals surface area contributed by atoms with Gasteiger partial charge in [0.15, 0.2) is 0 Å². The number of rotatable bonds is 7. The van der Waals surface area contributed by atoms with Gasteiger partial charge < -0.3 is 15.5 Å². The second-order valence-corrected chi connectivity index (χ2v) is 13.5. The maximum absolute atomic E-state index is 12.2. The normalized spacial score (nSPS) is 49.8. The molecule has 34 heavy (non-hydrogen) atoms. The Kier molecular flexibility index (Phi) is 6.06. The van der Waals surface area contributed by atoms with Gasteiger partial charge >= 0.3 is 0 Å². The number of fused-ring (bicyclic) bond motifs is 5. The highest BCUT2D eigenvalue weighted by atomic mass is 32.2. The first-order valence-electron chi connectivity index (χ1n) is 14.9. The second kappa shape index (κ2) is 9.64. The Hall–Kier alpha value is -0.700. The Morgan fingerprint density at radius 1 is 1.18 bits per heavy atom. The number of carbonyl (C=O) groups is 1. The molecule has 4 fully saturated rings. The van der Waals surface area contributed by atoms with Crippen molar-refractivity contribution in [3.63, 3.8) is 0 Å². The molecule has 0 heterocycles. The average molecular weight is 504 g/mol. The molecule has 10 atom stereocenters. The van der Waals surface area contributed by atoms with Gasteiger partial charge in [-0.05, 0) is 104 Å². The minimum absolute atomic E-state index is 0.0189. The summed E-state index contributed by atoms with van der Waals surface area (Å²) in [5, 5.41) is 24.8. The second-order valence-electron chi connectivity index (χ2n) is 11.9. The molecule has 4 N–H and O–H groups in total. The van der Waals surface area contributed by atoms with Crippen molar-refractivity contribution in [1.29, 1.82) is 0 Å². The van der Waals surface area contributed by atoms with E-state index in [1.54, 1.807) is 0 Å². The number of hydrogen-bond acceptors (Lipinski definition) is 5. The van der Waals surface area contributed by atoms with E-state index in [0.717, 1.165) is 19.3 Å². The molecule has 1 amide bonds. The zero-order chi connectivity index (χ0) is 28.5. The predicted molar refractivity (Wildman–Crippen MR) is 130 cm³/mol. The van der Waals surface area contributed by atoms with E-state index in [-0.39, 0.29) is 60.3 Å². The minimum Gasteiger partial charge on any atom is -0.393 e. The lowest BCUT2D eigenvalue weighted by molar-refractivity contribution is -0.174. The van der Waals surface area contributed by atoms with Gasteiger partial charge in [0, 0.05) is 18.4 Å². The van der Waals surface area contributed by atoms with Crippen LogP contribution in [0, 0.1) is 46.3 Å². The van der Waals surface area contributed by atoms with Crippen LogP contribution in [0.25, 0.3) is 0 Å². The van der Waals surface area contributed by atoms with Gasteiger partial charge in [-0.3, -0.25) is 9.35 Å². The fourth-order valence-electron chi connectivity index (χ4n) is 8.44. The minimum atomic E-state index is -4.13. The van der Waals surface area contributed by atoms with Crippen LogP contribution in [0.3, 0.4) is 0 Å². The molecule has 4 aliphatic rings. The summed E-state index contributed by atoms with van der Waals surface area (Å²) in [6, 6.07) is 0. The molecule has 0 aliphatic heterocycles. The van der Waals surface area contributed by atoms with Crippen LogP contribution in [0.1, 0.15) is 90.4 Å². The summed E-state index contributed by atoms with van der Waals surface area (Å²) >= 11 is 0. The van der Waals surface area contributed by atoms with Crippen LogP contribution in [-0.4, -0.2) is 53.6 Å². The Morgan fingerprint density at radius 2 is 1.91 bits per heavy atom. The fourth-order valence-corrected chi connectivity index (χ4v) is 8.80. The Bertz CT molecular complexity index is 1030. The van der Waals surface area contributed by atoms with E-state index in [9.17, 15) is 23.4 Å². The first-order chi connectivity index (χ1) is 17.4. The van der Waals surface area contributed by atoms with Crippen LogP contribution < -0.4 is 5.32 Å². The van der Waals surface area contributed by atoms with Crippen molar-refractivity contribution < 1.29 is 33.5 Å². The molecular formula is C26H45NO6S. The first kappa shape index (κ1) is 21.4. The Balaban J connectivity index is 1.47. The SMILES string of the molecule is [2H]C1([2H])C[C@@]2(C)C(CC[C@H]3[C@@H]4CC[C@H]([C@H](C)CCC(=O)NCCS(=O)(=O)O)[C@@]4(C)[C@@H](O)C[C@@H]32)C([2H])([2H])[C@@H]1O. The summed E-state index contributed by atoms with van der Waals surface area (Å²) in [5.41, 5.74) is -1.00. The number of aliphatic hydroxyl groups is 2. The average Bonchev–Trinajstić information content (AvgIpc) is 3.14. The molecule has 7 nitrogen and oxygen atoms in total. The molecule has 4 aliphatic carbocycles. The van der Waals surface area contributed by atoms with Crippen LogP contribution in [0.2, 0.25) is 0 Å². The highest BCUT2D eigenvalue weighted by molar-refractivity contribution is 7.85. The molecule has 4 rings (SSSR count). The van der Waals surface area contributed by atoms with E-state index in [1.165, 1.54) is 0 Å². The molecule has 1 unspecified atom stereocenters. The number of aliphatic hydroxyl groups excluding tert-OH is 2. The summed E-state index contributed by atoms with van der Waals surface area (Å²) in [6.45, 7) is 6.12. The van der Waals surface area contributed by atoms with E-state index >= 15 is 0 Å². The molecule has 0 spiro atoms. The highest BCUT2D eigenvalue weighted by Crippen LogP contribution is 2.68. The zero-order valence-corrected chi connectivity index (χ0v) is 21.5. The Labute approximate surface area is 210 Å². The van der Waals surface area contributed by atoms with Crippen molar-refractivity contribution in [2.75, 3.05) is 12.3 Å². The molecule has 0 aromatic rings. The predicted octanol–water partition coefficient (Wildman–Crippen LogP) is 3.40. The lowest BCUT2D eigenvalue weighted by Gasteiger charge is -2.62. The molecule has 0 bridgehead atoms. The molecular weight excluding hydrogens is 454 g/mol. The molecule has 196 valence electrons. The zero-order valence-electron chi connectivity index (χ0n) is 24.7. The van der Waals surface area contributed by atoms with Crippen LogP contribution in [-0.2, 0) is 14.9 Å². The quantitative estimate of drug-likeness (QED) is 0.395. The van der Waals surface area contributed by atoms with E-state index in [4.69, 9.17) is 10.0 Å². The number of amides is 1. The van der Waals surface area contributed by atoms with E-state index in [0.29, 0.717) is 19.3 Å². The molecule has 4 saturated carbocycles. The fraction of sp³-hybridized carbons (Fsp3) is 0.962. The highest BCUT2D eigenvalue weighted by Gasteiger charge is 2.63. The number of carbonyl (C=O) groups excluding carboxylic acids is 1. The van der Waals surface area contributed by atoms with Crippen LogP contribution >= 0.6 is 0 Å². The van der Waals surface area contributed by atoms with Gasteiger partial charge in [-0.2, -0.15) is 8.42 Å². The molecule has 0 aromatic heterocycles. The van der Waals surface area contributed by atoms with Crippen LogP contribution in [0.15, 0.2) is 0 Å². The molecule has 0 radical (unpaired) electrons. The summed E-state index contributed by atoms with van der Waals surface area (Å²) < 4.78 is 64.8.